The molecule has 0 spiro atoms. The highest BCUT2D eigenvalue weighted by Gasteiger charge is 2.41. The molecular weight excluding hydrogens is 404 g/mol. The van der Waals surface area contributed by atoms with Crippen LogP contribution in [0.5, 0.6) is 0 Å². The Labute approximate surface area is 177 Å². The number of halogens is 3. The first-order chi connectivity index (χ1) is 12.5. The van der Waals surface area contributed by atoms with Gasteiger partial charge in [-0.25, -0.2) is 4.39 Å². The maximum Gasteiger partial charge on any atom is 0.248 e. The normalized spacial score (nSPS) is 15.4. The number of nitrogens with zero attached hydrogens (tertiary/aromatic N) is 3. The van der Waals surface area contributed by atoms with Gasteiger partial charge in [0.15, 0.2) is 0 Å². The highest BCUT2D eigenvalue weighted by molar-refractivity contribution is 5.85. The molecule has 1 saturated heterocycles. The van der Waals surface area contributed by atoms with E-state index in [0.717, 1.165) is 18.7 Å². The summed E-state index contributed by atoms with van der Waals surface area (Å²) in [6, 6.07) is 6.84. The molecule has 1 aliphatic heterocycles. The largest absolute Gasteiger partial charge is 0.350 e. The van der Waals surface area contributed by atoms with Crippen LogP contribution in [0.25, 0.3) is 0 Å². The van der Waals surface area contributed by atoms with Crippen molar-refractivity contribution in [3.05, 3.63) is 53.6 Å². The molecule has 1 aromatic carbocycles. The number of hydrogen-bond acceptors (Lipinski definition) is 4. The fourth-order valence-electron chi connectivity index (χ4n) is 3.47. The summed E-state index contributed by atoms with van der Waals surface area (Å²) in [5.74, 6) is -0.263. The van der Waals surface area contributed by atoms with Crippen LogP contribution in [-0.4, -0.2) is 47.8 Å². The first-order valence-electron chi connectivity index (χ1n) is 8.92. The van der Waals surface area contributed by atoms with E-state index >= 15 is 0 Å². The van der Waals surface area contributed by atoms with Gasteiger partial charge in [0, 0.05) is 31.0 Å². The van der Waals surface area contributed by atoms with Crippen LogP contribution in [0.3, 0.4) is 0 Å². The van der Waals surface area contributed by atoms with E-state index in [-0.39, 0.29) is 36.5 Å². The van der Waals surface area contributed by atoms with Crippen LogP contribution in [0.4, 0.5) is 4.39 Å². The van der Waals surface area contributed by atoms with Crippen LogP contribution in [0.2, 0.25) is 0 Å². The molecule has 1 aromatic heterocycles. The second-order valence-electron chi connectivity index (χ2n) is 7.08. The van der Waals surface area contributed by atoms with Gasteiger partial charge >= 0.3 is 0 Å². The molecule has 28 heavy (non-hydrogen) atoms. The molecule has 0 radical (unpaired) electrons. The van der Waals surface area contributed by atoms with E-state index in [4.69, 9.17) is 0 Å². The lowest BCUT2D eigenvalue weighted by molar-refractivity contribution is -0.132. The molecule has 6 nitrogen and oxygen atoms in total. The minimum absolute atomic E-state index is 0. The number of piperidine rings is 1. The van der Waals surface area contributed by atoms with Gasteiger partial charge in [0.2, 0.25) is 5.91 Å². The first-order valence-corrected chi connectivity index (χ1v) is 8.92. The van der Waals surface area contributed by atoms with E-state index in [9.17, 15) is 9.18 Å². The van der Waals surface area contributed by atoms with Crippen molar-refractivity contribution in [2.45, 2.75) is 31.5 Å². The van der Waals surface area contributed by atoms with Crippen LogP contribution in [0, 0.1) is 5.82 Å². The zero-order chi connectivity index (χ0) is 18.6. The molecule has 3 rings (SSSR count). The maximum atomic E-state index is 13.9. The summed E-state index contributed by atoms with van der Waals surface area (Å²) in [6.45, 7) is 2.44. The van der Waals surface area contributed by atoms with Crippen molar-refractivity contribution in [1.29, 1.82) is 0 Å². The molecule has 1 amide bonds. The standard InChI is InChI=1S/C19H26FN5O.2ClH/c1-24(2)14-16-12-15(4-5-17(16)20)13-22-18(26)19(6-9-21-10-7-19)25-11-3-8-23-25;;/h3-5,8,11-12,21H,6-7,9-10,13-14H2,1-2H3,(H,22,26);2*1H. The SMILES string of the molecule is CN(C)Cc1cc(CNC(=O)C2(n3cccn3)CCNCC2)ccc1F.Cl.Cl. The topological polar surface area (TPSA) is 62.2 Å². The van der Waals surface area contributed by atoms with Gasteiger partial charge in [-0.05, 0) is 63.8 Å². The highest BCUT2D eigenvalue weighted by atomic mass is 35.5. The quantitative estimate of drug-likeness (QED) is 0.736. The second-order valence-corrected chi connectivity index (χ2v) is 7.08. The third-order valence-electron chi connectivity index (χ3n) is 4.85. The highest BCUT2D eigenvalue weighted by Crippen LogP contribution is 2.27. The van der Waals surface area contributed by atoms with E-state index in [1.54, 1.807) is 16.9 Å². The summed E-state index contributed by atoms with van der Waals surface area (Å²) < 4.78 is 15.7. The smallest absolute Gasteiger partial charge is 0.248 e. The van der Waals surface area contributed by atoms with Crippen molar-refractivity contribution < 1.29 is 9.18 Å². The number of hydrogen-bond donors (Lipinski definition) is 2. The van der Waals surface area contributed by atoms with Gasteiger partial charge in [-0.1, -0.05) is 6.07 Å². The molecule has 0 saturated carbocycles. The van der Waals surface area contributed by atoms with Crippen molar-refractivity contribution in [3.8, 4) is 0 Å². The van der Waals surface area contributed by atoms with Gasteiger partial charge in [-0.2, -0.15) is 5.10 Å². The van der Waals surface area contributed by atoms with Crippen molar-refractivity contribution in [2.75, 3.05) is 27.2 Å². The Morgan fingerprint density at radius 3 is 2.64 bits per heavy atom. The molecule has 156 valence electrons. The molecule has 0 atom stereocenters. The molecule has 9 heteroatoms. The number of carbonyl (C=O) groups excluding carboxylic acids is 1. The molecule has 2 N–H and O–H groups in total. The number of carbonyl (C=O) groups is 1. The fraction of sp³-hybridized carbons (Fsp3) is 0.474. The van der Waals surface area contributed by atoms with Crippen LogP contribution >= 0.6 is 24.8 Å². The molecule has 0 unspecified atom stereocenters. The monoisotopic (exact) mass is 431 g/mol. The molecule has 0 bridgehead atoms. The number of nitrogens with one attached hydrogen (secondary N) is 2. The fourth-order valence-corrected chi connectivity index (χ4v) is 3.47. The van der Waals surface area contributed by atoms with Crippen LogP contribution < -0.4 is 10.6 Å². The molecule has 1 fully saturated rings. The minimum Gasteiger partial charge on any atom is -0.350 e. The number of aromatic nitrogens is 2. The molecular formula is C19H28Cl2FN5O. The van der Waals surface area contributed by atoms with Crippen molar-refractivity contribution in [2.24, 2.45) is 0 Å². The number of benzene rings is 1. The van der Waals surface area contributed by atoms with Crippen LogP contribution in [0.15, 0.2) is 36.7 Å². The van der Waals surface area contributed by atoms with Gasteiger partial charge < -0.3 is 15.5 Å². The van der Waals surface area contributed by atoms with Crippen LogP contribution in [0.1, 0.15) is 24.0 Å². The van der Waals surface area contributed by atoms with E-state index in [0.29, 0.717) is 31.5 Å². The Kier molecular flexibility index (Phi) is 9.36. The van der Waals surface area contributed by atoms with E-state index in [2.05, 4.69) is 15.7 Å². The Morgan fingerprint density at radius 2 is 2.04 bits per heavy atom. The summed E-state index contributed by atoms with van der Waals surface area (Å²) in [4.78, 5) is 15.0. The molecule has 1 aliphatic rings. The summed E-state index contributed by atoms with van der Waals surface area (Å²) in [6.07, 6.45) is 4.92. The lowest BCUT2D eigenvalue weighted by atomic mass is 9.87. The van der Waals surface area contributed by atoms with Crippen LogP contribution in [-0.2, 0) is 23.4 Å². The summed E-state index contributed by atoms with van der Waals surface area (Å²) in [7, 11) is 3.80. The zero-order valence-corrected chi connectivity index (χ0v) is 17.8. The lowest BCUT2D eigenvalue weighted by Crippen LogP contribution is -2.54. The van der Waals surface area contributed by atoms with Gasteiger partial charge in [0.25, 0.3) is 0 Å². The minimum atomic E-state index is -0.665. The molecule has 2 heterocycles. The van der Waals surface area contributed by atoms with Crippen molar-refractivity contribution in [1.82, 2.24) is 25.3 Å². The summed E-state index contributed by atoms with van der Waals surface area (Å²) in [5, 5.41) is 10.6. The Morgan fingerprint density at radius 1 is 1.32 bits per heavy atom. The van der Waals surface area contributed by atoms with Crippen molar-refractivity contribution in [3.63, 3.8) is 0 Å². The first kappa shape index (κ1) is 24.4. The molecule has 2 aromatic rings. The third kappa shape index (κ3) is 5.44. The molecule has 0 aliphatic carbocycles. The Balaban J connectivity index is 0.00000196. The Bertz CT molecular complexity index is 749. The van der Waals surface area contributed by atoms with E-state index < -0.39 is 5.54 Å². The van der Waals surface area contributed by atoms with Gasteiger partial charge in [0.05, 0.1) is 0 Å². The predicted octanol–water partition coefficient (Wildman–Crippen LogP) is 2.32. The van der Waals surface area contributed by atoms with Crippen molar-refractivity contribution >= 4 is 30.7 Å². The predicted molar refractivity (Wildman–Crippen MR) is 112 cm³/mol. The van der Waals surface area contributed by atoms with E-state index in [1.807, 2.05) is 37.3 Å². The average molecular weight is 432 g/mol. The third-order valence-corrected chi connectivity index (χ3v) is 4.85. The maximum absolute atomic E-state index is 13.9. The zero-order valence-electron chi connectivity index (χ0n) is 16.2. The van der Waals surface area contributed by atoms with E-state index in [1.165, 1.54) is 6.07 Å². The van der Waals surface area contributed by atoms with Gasteiger partial charge in [-0.15, -0.1) is 24.8 Å². The number of rotatable bonds is 6. The Hall–Kier alpha value is -1.67. The number of amides is 1. The second kappa shape index (κ2) is 10.8. The van der Waals surface area contributed by atoms with Gasteiger partial charge in [0.1, 0.15) is 11.4 Å². The average Bonchev–Trinajstić information content (AvgIpc) is 3.17. The lowest BCUT2D eigenvalue weighted by Gasteiger charge is -2.36. The summed E-state index contributed by atoms with van der Waals surface area (Å²) in [5.41, 5.74) is 0.855. The van der Waals surface area contributed by atoms with Gasteiger partial charge in [-0.3, -0.25) is 9.48 Å². The summed E-state index contributed by atoms with van der Waals surface area (Å²) >= 11 is 0.